The number of fused-ring (bicyclic) bond motifs is 1. The second-order valence-corrected chi connectivity index (χ2v) is 4.08. The molecule has 0 bridgehead atoms. The lowest BCUT2D eigenvalue weighted by atomic mass is 10.1. The highest BCUT2D eigenvalue weighted by Crippen LogP contribution is 2.24. The van der Waals surface area contributed by atoms with Gasteiger partial charge in [-0.3, -0.25) is 4.79 Å². The fraction of sp³-hybridized carbons (Fsp3) is 0. The van der Waals surface area contributed by atoms with Crippen LogP contribution in [0.25, 0.3) is 11.0 Å². The lowest BCUT2D eigenvalue weighted by Crippen LogP contribution is -2.02. The van der Waals surface area contributed by atoms with Gasteiger partial charge in [0.25, 0.3) is 0 Å². The van der Waals surface area contributed by atoms with Crippen molar-refractivity contribution in [3.05, 3.63) is 71.5 Å². The largest absolute Gasteiger partial charge is 0.449 e. The molecule has 3 rings (SSSR count). The molecule has 1 aromatic heterocycles. The van der Waals surface area contributed by atoms with E-state index >= 15 is 0 Å². The van der Waals surface area contributed by atoms with Crippen LogP contribution in [0.4, 0.5) is 8.78 Å². The first-order valence-electron chi connectivity index (χ1n) is 5.64. The van der Waals surface area contributed by atoms with Crippen molar-refractivity contribution < 1.29 is 18.0 Å². The molecule has 0 unspecified atom stereocenters. The van der Waals surface area contributed by atoms with Gasteiger partial charge in [-0.25, -0.2) is 8.78 Å². The predicted molar refractivity (Wildman–Crippen MR) is 66.0 cm³/mol. The highest BCUT2D eigenvalue weighted by atomic mass is 19.1. The molecule has 0 radical (unpaired) electrons. The Hall–Kier alpha value is -2.49. The molecule has 0 amide bonds. The summed E-state index contributed by atoms with van der Waals surface area (Å²) in [6.07, 6.45) is 0. The van der Waals surface area contributed by atoms with Gasteiger partial charge in [-0.1, -0.05) is 24.3 Å². The zero-order valence-electron chi connectivity index (χ0n) is 9.69. The second kappa shape index (κ2) is 4.31. The van der Waals surface area contributed by atoms with Crippen molar-refractivity contribution in [2.45, 2.75) is 0 Å². The van der Waals surface area contributed by atoms with Gasteiger partial charge in [0.15, 0.2) is 17.2 Å². The minimum Gasteiger partial charge on any atom is -0.449 e. The number of hydrogen-bond acceptors (Lipinski definition) is 2. The first-order valence-corrected chi connectivity index (χ1v) is 5.64. The molecular formula is C15H8F2O2. The zero-order valence-corrected chi connectivity index (χ0v) is 9.69. The highest BCUT2D eigenvalue weighted by Gasteiger charge is 2.18. The number of carbonyl (C=O) groups excluding carboxylic acids is 1. The van der Waals surface area contributed by atoms with Crippen LogP contribution >= 0.6 is 0 Å². The van der Waals surface area contributed by atoms with E-state index in [-0.39, 0.29) is 16.9 Å². The SMILES string of the molecule is O=C(c1cc2cccc(F)c2o1)c1ccccc1F. The summed E-state index contributed by atoms with van der Waals surface area (Å²) in [5.74, 6) is -1.86. The summed E-state index contributed by atoms with van der Waals surface area (Å²) in [6.45, 7) is 0. The summed E-state index contributed by atoms with van der Waals surface area (Å²) in [4.78, 5) is 12.1. The first kappa shape index (κ1) is 11.6. The summed E-state index contributed by atoms with van der Waals surface area (Å²) >= 11 is 0. The number of hydrogen-bond donors (Lipinski definition) is 0. The van der Waals surface area contributed by atoms with Crippen LogP contribution in [0.2, 0.25) is 0 Å². The van der Waals surface area contributed by atoms with Crippen molar-refractivity contribution in [2.24, 2.45) is 0 Å². The average Bonchev–Trinajstić information content (AvgIpc) is 2.84. The maximum atomic E-state index is 13.5. The fourth-order valence-electron chi connectivity index (χ4n) is 1.92. The Morgan fingerprint density at radius 1 is 0.947 bits per heavy atom. The van der Waals surface area contributed by atoms with Crippen molar-refractivity contribution >= 4 is 16.8 Å². The fourth-order valence-corrected chi connectivity index (χ4v) is 1.92. The third-order valence-corrected chi connectivity index (χ3v) is 2.84. The Morgan fingerprint density at radius 2 is 1.68 bits per heavy atom. The van der Waals surface area contributed by atoms with E-state index in [9.17, 15) is 13.6 Å². The van der Waals surface area contributed by atoms with Crippen molar-refractivity contribution in [2.75, 3.05) is 0 Å². The Balaban J connectivity index is 2.12. The van der Waals surface area contributed by atoms with Crippen LogP contribution in [-0.2, 0) is 0 Å². The Morgan fingerprint density at radius 3 is 2.42 bits per heavy atom. The van der Waals surface area contributed by atoms with Crippen molar-refractivity contribution in [3.8, 4) is 0 Å². The number of furan rings is 1. The first-order chi connectivity index (χ1) is 9.16. The van der Waals surface area contributed by atoms with Gasteiger partial charge in [-0.05, 0) is 24.3 Å². The van der Waals surface area contributed by atoms with Crippen LogP contribution in [0, 0.1) is 11.6 Å². The van der Waals surface area contributed by atoms with E-state index in [1.54, 1.807) is 12.1 Å². The lowest BCUT2D eigenvalue weighted by molar-refractivity contribution is 0.101. The molecule has 4 heteroatoms. The van der Waals surface area contributed by atoms with Crippen LogP contribution in [0.3, 0.4) is 0 Å². The predicted octanol–water partition coefficient (Wildman–Crippen LogP) is 3.94. The van der Waals surface area contributed by atoms with E-state index in [4.69, 9.17) is 4.42 Å². The molecule has 0 atom stereocenters. The summed E-state index contributed by atoms with van der Waals surface area (Å²) in [7, 11) is 0. The molecule has 0 saturated heterocycles. The van der Waals surface area contributed by atoms with Gasteiger partial charge in [0.1, 0.15) is 5.82 Å². The summed E-state index contributed by atoms with van der Waals surface area (Å²) < 4.78 is 32.2. The van der Waals surface area contributed by atoms with Gasteiger partial charge in [0.2, 0.25) is 5.78 Å². The number of carbonyl (C=O) groups is 1. The topological polar surface area (TPSA) is 30.2 Å². The summed E-state index contributed by atoms with van der Waals surface area (Å²) in [6, 6.07) is 11.4. The van der Waals surface area contributed by atoms with Gasteiger partial charge < -0.3 is 4.42 Å². The molecule has 0 fully saturated rings. The normalized spacial score (nSPS) is 10.8. The van der Waals surface area contributed by atoms with E-state index < -0.39 is 17.4 Å². The molecule has 3 aromatic rings. The van der Waals surface area contributed by atoms with Gasteiger partial charge in [-0.15, -0.1) is 0 Å². The van der Waals surface area contributed by atoms with Crippen LogP contribution in [-0.4, -0.2) is 5.78 Å². The molecular weight excluding hydrogens is 250 g/mol. The maximum Gasteiger partial charge on any atom is 0.231 e. The minimum atomic E-state index is -0.631. The second-order valence-electron chi connectivity index (χ2n) is 4.08. The quantitative estimate of drug-likeness (QED) is 0.652. The molecule has 94 valence electrons. The van der Waals surface area contributed by atoms with E-state index in [1.165, 1.54) is 36.4 Å². The molecule has 19 heavy (non-hydrogen) atoms. The monoisotopic (exact) mass is 258 g/mol. The summed E-state index contributed by atoms with van der Waals surface area (Å²) in [5, 5.41) is 0.472. The lowest BCUT2D eigenvalue weighted by Gasteiger charge is -1.98. The van der Waals surface area contributed by atoms with Crippen LogP contribution in [0.1, 0.15) is 16.1 Å². The molecule has 0 aliphatic rings. The Bertz CT molecular complexity index is 775. The van der Waals surface area contributed by atoms with Crippen molar-refractivity contribution in [1.29, 1.82) is 0 Å². The summed E-state index contributed by atoms with van der Waals surface area (Å²) in [5.41, 5.74) is -0.0934. The number of benzene rings is 2. The molecule has 0 aliphatic carbocycles. The van der Waals surface area contributed by atoms with Crippen LogP contribution in [0.15, 0.2) is 52.9 Å². The smallest absolute Gasteiger partial charge is 0.231 e. The number of ketones is 1. The number of para-hydroxylation sites is 1. The zero-order chi connectivity index (χ0) is 13.4. The third kappa shape index (κ3) is 1.91. The molecule has 0 N–H and O–H groups in total. The maximum absolute atomic E-state index is 13.5. The Labute approximate surface area is 107 Å². The van der Waals surface area contributed by atoms with E-state index in [2.05, 4.69) is 0 Å². The average molecular weight is 258 g/mol. The standard InChI is InChI=1S/C15H8F2O2/c16-11-6-2-1-5-10(11)14(18)13-8-9-4-3-7-12(17)15(9)19-13/h1-8H. The van der Waals surface area contributed by atoms with Crippen molar-refractivity contribution in [3.63, 3.8) is 0 Å². The molecule has 1 heterocycles. The highest BCUT2D eigenvalue weighted by molar-refractivity contribution is 6.09. The molecule has 0 aliphatic heterocycles. The van der Waals surface area contributed by atoms with Gasteiger partial charge in [0.05, 0.1) is 5.56 Å². The molecule has 0 saturated carbocycles. The minimum absolute atomic E-state index is 0.00203. The van der Waals surface area contributed by atoms with Crippen LogP contribution < -0.4 is 0 Å². The van der Waals surface area contributed by atoms with Gasteiger partial charge >= 0.3 is 0 Å². The van der Waals surface area contributed by atoms with Crippen LogP contribution in [0.5, 0.6) is 0 Å². The molecule has 2 aromatic carbocycles. The van der Waals surface area contributed by atoms with Gasteiger partial charge in [-0.2, -0.15) is 0 Å². The Kier molecular flexibility index (Phi) is 2.63. The number of halogens is 2. The molecule has 2 nitrogen and oxygen atoms in total. The van der Waals surface area contributed by atoms with Gasteiger partial charge in [0, 0.05) is 5.39 Å². The van der Waals surface area contributed by atoms with E-state index in [1.807, 2.05) is 0 Å². The van der Waals surface area contributed by atoms with E-state index in [0.717, 1.165) is 0 Å². The van der Waals surface area contributed by atoms with Crippen molar-refractivity contribution in [1.82, 2.24) is 0 Å². The molecule has 0 spiro atoms. The number of rotatable bonds is 2. The van der Waals surface area contributed by atoms with E-state index in [0.29, 0.717) is 5.39 Å². The third-order valence-electron chi connectivity index (χ3n) is 2.84.